The fourth-order valence-corrected chi connectivity index (χ4v) is 1.87. The molecular weight excluding hydrogens is 212 g/mol. The van der Waals surface area contributed by atoms with E-state index in [1.807, 2.05) is 12.3 Å². The van der Waals surface area contributed by atoms with Gasteiger partial charge in [-0.1, -0.05) is 17.7 Å². The molecule has 76 valence electrons. The summed E-state index contributed by atoms with van der Waals surface area (Å²) < 4.78 is 5.20. The normalized spacial score (nSPS) is 10.2. The predicted octanol–water partition coefficient (Wildman–Crippen LogP) is 2.90. The highest BCUT2D eigenvalue weighted by Gasteiger charge is 2.10. The molecule has 0 aliphatic heterocycles. The van der Waals surface area contributed by atoms with Gasteiger partial charge < -0.3 is 9.72 Å². The van der Waals surface area contributed by atoms with E-state index in [0.717, 1.165) is 16.5 Å². The Morgan fingerprint density at radius 2 is 2.33 bits per heavy atom. The molecule has 0 unspecified atom stereocenters. The summed E-state index contributed by atoms with van der Waals surface area (Å²) in [6.45, 7) is 0. The molecule has 0 bridgehead atoms. The fraction of sp³-hybridized carbons (Fsp3) is 0.182. The first-order chi connectivity index (χ1) is 7.27. The van der Waals surface area contributed by atoms with Crippen molar-refractivity contribution in [3.8, 4) is 11.8 Å². The summed E-state index contributed by atoms with van der Waals surface area (Å²) >= 11 is 5.98. The van der Waals surface area contributed by atoms with E-state index in [2.05, 4.69) is 11.1 Å². The first-order valence-electron chi connectivity index (χ1n) is 4.47. The lowest BCUT2D eigenvalue weighted by Crippen LogP contribution is -1.86. The third-order valence-corrected chi connectivity index (χ3v) is 2.62. The lowest BCUT2D eigenvalue weighted by molar-refractivity contribution is 0.419. The molecule has 1 N–H and O–H groups in total. The molecule has 0 saturated heterocycles. The van der Waals surface area contributed by atoms with E-state index in [1.54, 1.807) is 13.2 Å². The number of nitriles is 1. The average molecular weight is 221 g/mol. The first kappa shape index (κ1) is 9.88. The lowest BCUT2D eigenvalue weighted by atomic mass is 10.1. The number of rotatable bonds is 2. The second-order valence-electron chi connectivity index (χ2n) is 3.15. The molecular formula is C11H9ClN2O. The summed E-state index contributed by atoms with van der Waals surface area (Å²) in [7, 11) is 1.57. The van der Waals surface area contributed by atoms with Gasteiger partial charge in [-0.25, -0.2) is 0 Å². The van der Waals surface area contributed by atoms with Crippen LogP contribution in [-0.2, 0) is 6.42 Å². The summed E-state index contributed by atoms with van der Waals surface area (Å²) in [5.41, 5.74) is 1.80. The Hall–Kier alpha value is -1.66. The molecule has 0 radical (unpaired) electrons. The highest BCUT2D eigenvalue weighted by Crippen LogP contribution is 2.33. The van der Waals surface area contributed by atoms with Gasteiger partial charge in [0.2, 0.25) is 0 Å². The van der Waals surface area contributed by atoms with E-state index in [4.69, 9.17) is 21.6 Å². The van der Waals surface area contributed by atoms with Gasteiger partial charge in [0.15, 0.2) is 5.75 Å². The highest BCUT2D eigenvalue weighted by atomic mass is 35.5. The van der Waals surface area contributed by atoms with Crippen LogP contribution in [0.5, 0.6) is 5.75 Å². The Balaban J connectivity index is 2.70. The maximum Gasteiger partial charge on any atom is 0.161 e. The molecule has 1 aromatic heterocycles. The number of fused-ring (bicyclic) bond motifs is 1. The Morgan fingerprint density at radius 1 is 1.53 bits per heavy atom. The van der Waals surface area contributed by atoms with Gasteiger partial charge in [0, 0.05) is 11.6 Å². The van der Waals surface area contributed by atoms with Gasteiger partial charge in [0.05, 0.1) is 30.1 Å². The Bertz CT molecular complexity index is 539. The van der Waals surface area contributed by atoms with Crippen LogP contribution < -0.4 is 4.74 Å². The maximum atomic E-state index is 8.66. The molecule has 2 aromatic rings. The van der Waals surface area contributed by atoms with E-state index in [1.165, 1.54) is 0 Å². The second-order valence-corrected chi connectivity index (χ2v) is 3.56. The van der Waals surface area contributed by atoms with Crippen LogP contribution in [0, 0.1) is 11.3 Å². The zero-order valence-corrected chi connectivity index (χ0v) is 8.93. The van der Waals surface area contributed by atoms with Crippen molar-refractivity contribution in [1.29, 1.82) is 5.26 Å². The molecule has 0 aliphatic rings. The average Bonchev–Trinajstić information content (AvgIpc) is 2.62. The number of benzene rings is 1. The number of hydrogen-bond acceptors (Lipinski definition) is 2. The number of H-pyrrole nitrogens is 1. The predicted molar refractivity (Wildman–Crippen MR) is 59.2 cm³/mol. The summed E-state index contributed by atoms with van der Waals surface area (Å²) in [6.07, 6.45) is 2.19. The van der Waals surface area contributed by atoms with Gasteiger partial charge in [-0.15, -0.1) is 0 Å². The molecule has 0 atom stereocenters. The van der Waals surface area contributed by atoms with Crippen LogP contribution in [0.15, 0.2) is 18.3 Å². The van der Waals surface area contributed by atoms with E-state index in [9.17, 15) is 0 Å². The SMILES string of the molecule is COc1c(Cl)ccc2c(CC#N)c[nH]c12. The third-order valence-electron chi connectivity index (χ3n) is 2.32. The molecule has 4 heteroatoms. The van der Waals surface area contributed by atoms with E-state index < -0.39 is 0 Å². The van der Waals surface area contributed by atoms with Crippen molar-refractivity contribution < 1.29 is 4.74 Å². The van der Waals surface area contributed by atoms with Crippen LogP contribution in [0.3, 0.4) is 0 Å². The summed E-state index contributed by atoms with van der Waals surface area (Å²) in [4.78, 5) is 3.07. The van der Waals surface area contributed by atoms with Crippen LogP contribution in [-0.4, -0.2) is 12.1 Å². The van der Waals surface area contributed by atoms with E-state index in [-0.39, 0.29) is 0 Å². The van der Waals surface area contributed by atoms with E-state index >= 15 is 0 Å². The monoisotopic (exact) mass is 220 g/mol. The molecule has 0 saturated carbocycles. The van der Waals surface area contributed by atoms with Gasteiger partial charge in [0.25, 0.3) is 0 Å². The minimum absolute atomic E-state index is 0.380. The van der Waals surface area contributed by atoms with Crippen LogP contribution >= 0.6 is 11.6 Å². The highest BCUT2D eigenvalue weighted by molar-refractivity contribution is 6.33. The molecule has 3 nitrogen and oxygen atoms in total. The molecule has 0 aliphatic carbocycles. The number of hydrogen-bond donors (Lipinski definition) is 1. The number of methoxy groups -OCH3 is 1. The number of halogens is 1. The molecule has 1 aromatic carbocycles. The zero-order chi connectivity index (χ0) is 10.8. The lowest BCUT2D eigenvalue weighted by Gasteiger charge is -2.04. The largest absolute Gasteiger partial charge is 0.493 e. The summed E-state index contributed by atoms with van der Waals surface area (Å²) in [5, 5.41) is 10.2. The smallest absolute Gasteiger partial charge is 0.161 e. The van der Waals surface area contributed by atoms with Gasteiger partial charge in [-0.2, -0.15) is 5.26 Å². The molecule has 15 heavy (non-hydrogen) atoms. The molecule has 1 heterocycles. The molecule has 2 rings (SSSR count). The van der Waals surface area contributed by atoms with E-state index in [0.29, 0.717) is 17.2 Å². The molecule has 0 fully saturated rings. The van der Waals surface area contributed by atoms with Gasteiger partial charge in [-0.3, -0.25) is 0 Å². The standard InChI is InChI=1S/C11H9ClN2O/c1-15-11-9(12)3-2-8-7(4-5-13)6-14-10(8)11/h2-3,6,14H,4H2,1H3. The number of ether oxygens (including phenoxy) is 1. The second kappa shape index (κ2) is 3.84. The van der Waals surface area contributed by atoms with Crippen LogP contribution in [0.2, 0.25) is 5.02 Å². The van der Waals surface area contributed by atoms with Gasteiger partial charge in [-0.05, 0) is 11.6 Å². The van der Waals surface area contributed by atoms with Crippen molar-refractivity contribution in [1.82, 2.24) is 4.98 Å². The Morgan fingerprint density at radius 3 is 3.00 bits per heavy atom. The van der Waals surface area contributed by atoms with Crippen molar-refractivity contribution in [2.24, 2.45) is 0 Å². The molecule has 0 amide bonds. The maximum absolute atomic E-state index is 8.66. The Labute approximate surface area is 92.2 Å². The zero-order valence-electron chi connectivity index (χ0n) is 8.17. The minimum atomic E-state index is 0.380. The molecule has 0 spiro atoms. The number of nitrogens with one attached hydrogen (secondary N) is 1. The number of aromatic amines is 1. The van der Waals surface area contributed by atoms with Crippen molar-refractivity contribution in [2.45, 2.75) is 6.42 Å². The van der Waals surface area contributed by atoms with Crippen molar-refractivity contribution in [2.75, 3.05) is 7.11 Å². The van der Waals surface area contributed by atoms with Gasteiger partial charge >= 0.3 is 0 Å². The third kappa shape index (κ3) is 1.53. The van der Waals surface area contributed by atoms with Crippen LogP contribution in [0.25, 0.3) is 10.9 Å². The van der Waals surface area contributed by atoms with Crippen molar-refractivity contribution in [3.05, 3.63) is 28.9 Å². The number of nitrogens with zero attached hydrogens (tertiary/aromatic N) is 1. The topological polar surface area (TPSA) is 48.8 Å². The van der Waals surface area contributed by atoms with Crippen LogP contribution in [0.4, 0.5) is 0 Å². The fourth-order valence-electron chi connectivity index (χ4n) is 1.64. The van der Waals surface area contributed by atoms with Crippen LogP contribution in [0.1, 0.15) is 5.56 Å². The number of aromatic nitrogens is 1. The quantitative estimate of drug-likeness (QED) is 0.846. The summed E-state index contributed by atoms with van der Waals surface area (Å²) in [5.74, 6) is 0.623. The Kier molecular flexibility index (Phi) is 2.53. The van der Waals surface area contributed by atoms with Crippen molar-refractivity contribution in [3.63, 3.8) is 0 Å². The minimum Gasteiger partial charge on any atom is -0.493 e. The van der Waals surface area contributed by atoms with Gasteiger partial charge in [0.1, 0.15) is 0 Å². The first-order valence-corrected chi connectivity index (χ1v) is 4.85. The van der Waals surface area contributed by atoms with Crippen molar-refractivity contribution >= 4 is 22.5 Å². The summed E-state index contributed by atoms with van der Waals surface area (Å²) in [6, 6.07) is 5.79.